The second-order valence-corrected chi connectivity index (χ2v) is 4.50. The number of para-hydroxylation sites is 1. The van der Waals surface area contributed by atoms with E-state index in [2.05, 4.69) is 15.5 Å². The van der Waals surface area contributed by atoms with Crippen LogP contribution in [0.2, 0.25) is 0 Å². The number of imide groups is 1. The number of urea groups is 1. The zero-order valence-corrected chi connectivity index (χ0v) is 10.7. The first-order chi connectivity index (χ1) is 8.13. The fourth-order valence-electron chi connectivity index (χ4n) is 2.62. The molecule has 1 aromatic rings. The maximum Gasteiger partial charge on any atom is 0.322 e. The number of amides is 3. The zero-order chi connectivity index (χ0) is 12.0. The Morgan fingerprint density at radius 3 is 2.67 bits per heavy atom. The van der Waals surface area contributed by atoms with Gasteiger partial charge in [0.15, 0.2) is 0 Å². The van der Waals surface area contributed by atoms with Crippen molar-refractivity contribution in [1.29, 1.82) is 0 Å². The Morgan fingerprint density at radius 2 is 2.00 bits per heavy atom. The van der Waals surface area contributed by atoms with E-state index in [1.807, 2.05) is 31.3 Å². The average molecular weight is 268 g/mol. The van der Waals surface area contributed by atoms with Crippen LogP contribution in [0.25, 0.3) is 0 Å². The average Bonchev–Trinajstić information content (AvgIpc) is 2.61. The molecule has 6 heteroatoms. The number of rotatable bonds is 0. The van der Waals surface area contributed by atoms with Gasteiger partial charge in [-0.3, -0.25) is 10.1 Å². The smallest absolute Gasteiger partial charge is 0.322 e. The molecule has 2 aliphatic heterocycles. The van der Waals surface area contributed by atoms with Gasteiger partial charge in [-0.15, -0.1) is 12.4 Å². The van der Waals surface area contributed by atoms with Crippen LogP contribution in [0.15, 0.2) is 24.3 Å². The highest BCUT2D eigenvalue weighted by molar-refractivity contribution is 6.08. The maximum absolute atomic E-state index is 12.0. The number of hydrogen-bond donors (Lipinski definition) is 2. The van der Waals surface area contributed by atoms with Crippen LogP contribution in [0, 0.1) is 0 Å². The summed E-state index contributed by atoms with van der Waals surface area (Å²) in [4.78, 5) is 25.5. The van der Waals surface area contributed by atoms with Crippen molar-refractivity contribution in [3.05, 3.63) is 29.8 Å². The summed E-state index contributed by atoms with van der Waals surface area (Å²) < 4.78 is 0. The molecule has 2 heterocycles. The molecule has 3 amide bonds. The fourth-order valence-corrected chi connectivity index (χ4v) is 2.62. The first-order valence-corrected chi connectivity index (χ1v) is 5.58. The lowest BCUT2D eigenvalue weighted by Crippen LogP contribution is -2.50. The predicted octanol–water partition coefficient (Wildman–Crippen LogP) is 0.983. The van der Waals surface area contributed by atoms with Gasteiger partial charge in [0.1, 0.15) is 5.54 Å². The Labute approximate surface area is 111 Å². The van der Waals surface area contributed by atoms with Crippen LogP contribution in [0.4, 0.5) is 10.5 Å². The molecule has 1 spiro atoms. The van der Waals surface area contributed by atoms with E-state index < -0.39 is 11.6 Å². The molecule has 1 aromatic carbocycles. The summed E-state index contributed by atoms with van der Waals surface area (Å²) in [5.74, 6) is -0.247. The van der Waals surface area contributed by atoms with E-state index in [1.54, 1.807) is 0 Å². The minimum atomic E-state index is -0.875. The first kappa shape index (κ1) is 12.7. The first-order valence-electron chi connectivity index (χ1n) is 5.58. The standard InChI is InChI=1S/C12H13N3O2.ClH/c1-15-7-6-12(10(16)13-11(17)14-12)8-4-2-3-5-9(8)15;/h2-5H,6-7H2,1H3,(H2,13,14,16,17);1H. The van der Waals surface area contributed by atoms with Gasteiger partial charge in [-0.2, -0.15) is 0 Å². The minimum absolute atomic E-state index is 0. The van der Waals surface area contributed by atoms with Crippen LogP contribution < -0.4 is 15.5 Å². The quantitative estimate of drug-likeness (QED) is 0.689. The van der Waals surface area contributed by atoms with E-state index in [9.17, 15) is 9.59 Å². The molecule has 0 saturated carbocycles. The summed E-state index contributed by atoms with van der Waals surface area (Å²) in [6.07, 6.45) is 0.595. The van der Waals surface area contributed by atoms with Gasteiger partial charge in [0.05, 0.1) is 0 Å². The molecule has 0 aromatic heterocycles. The molecule has 1 fully saturated rings. The van der Waals surface area contributed by atoms with Crippen LogP contribution in [0.1, 0.15) is 12.0 Å². The highest BCUT2D eigenvalue weighted by Gasteiger charge is 2.50. The third-order valence-corrected chi connectivity index (χ3v) is 3.54. The van der Waals surface area contributed by atoms with Crippen molar-refractivity contribution < 1.29 is 9.59 Å². The highest BCUT2D eigenvalue weighted by atomic mass is 35.5. The summed E-state index contributed by atoms with van der Waals surface area (Å²) in [5, 5.41) is 5.10. The molecule has 0 aliphatic carbocycles. The van der Waals surface area contributed by atoms with Crippen molar-refractivity contribution in [2.24, 2.45) is 0 Å². The fraction of sp³-hybridized carbons (Fsp3) is 0.333. The molecule has 0 bridgehead atoms. The van der Waals surface area contributed by atoms with Crippen LogP contribution in [0.3, 0.4) is 0 Å². The van der Waals surface area contributed by atoms with Gasteiger partial charge in [-0.05, 0) is 6.07 Å². The van der Waals surface area contributed by atoms with E-state index in [0.29, 0.717) is 6.42 Å². The van der Waals surface area contributed by atoms with Crippen molar-refractivity contribution in [2.75, 3.05) is 18.5 Å². The number of halogens is 1. The minimum Gasteiger partial charge on any atom is -0.374 e. The summed E-state index contributed by atoms with van der Waals surface area (Å²) in [7, 11) is 1.99. The van der Waals surface area contributed by atoms with E-state index in [1.165, 1.54) is 0 Å². The van der Waals surface area contributed by atoms with Gasteiger partial charge in [0.25, 0.3) is 5.91 Å². The topological polar surface area (TPSA) is 61.4 Å². The SMILES string of the molecule is CN1CCC2(NC(=O)NC2=O)c2ccccc21.Cl. The number of nitrogens with one attached hydrogen (secondary N) is 2. The normalized spacial score (nSPS) is 25.3. The van der Waals surface area contributed by atoms with Crippen molar-refractivity contribution >= 4 is 30.0 Å². The molecule has 18 heavy (non-hydrogen) atoms. The van der Waals surface area contributed by atoms with Gasteiger partial charge in [0, 0.05) is 31.3 Å². The van der Waals surface area contributed by atoms with E-state index in [-0.39, 0.29) is 18.3 Å². The Hall–Kier alpha value is -1.75. The summed E-state index contributed by atoms with van der Waals surface area (Å²) in [5.41, 5.74) is 0.994. The van der Waals surface area contributed by atoms with Crippen LogP contribution >= 0.6 is 12.4 Å². The molecule has 96 valence electrons. The summed E-state index contributed by atoms with van der Waals surface area (Å²) in [6, 6.07) is 7.28. The number of hydrogen-bond acceptors (Lipinski definition) is 3. The van der Waals surface area contributed by atoms with Crippen molar-refractivity contribution in [2.45, 2.75) is 12.0 Å². The molecule has 1 saturated heterocycles. The van der Waals surface area contributed by atoms with E-state index in [4.69, 9.17) is 0 Å². The maximum atomic E-state index is 12.0. The van der Waals surface area contributed by atoms with E-state index >= 15 is 0 Å². The van der Waals surface area contributed by atoms with Crippen LogP contribution in [-0.2, 0) is 10.3 Å². The van der Waals surface area contributed by atoms with Gasteiger partial charge in [0.2, 0.25) is 0 Å². The molecule has 5 nitrogen and oxygen atoms in total. The Balaban J connectivity index is 0.00000120. The van der Waals surface area contributed by atoms with Crippen molar-refractivity contribution in [1.82, 2.24) is 10.6 Å². The van der Waals surface area contributed by atoms with Crippen LogP contribution in [0.5, 0.6) is 0 Å². The number of carbonyl (C=O) groups excluding carboxylic acids is 2. The molecular formula is C12H14ClN3O2. The number of benzene rings is 1. The second-order valence-electron chi connectivity index (χ2n) is 4.50. The van der Waals surface area contributed by atoms with Gasteiger partial charge < -0.3 is 10.2 Å². The Kier molecular flexibility index (Phi) is 2.94. The largest absolute Gasteiger partial charge is 0.374 e. The molecule has 1 atom stereocenters. The molecule has 1 unspecified atom stereocenters. The molecule has 0 radical (unpaired) electrons. The predicted molar refractivity (Wildman–Crippen MR) is 69.9 cm³/mol. The molecule has 2 aliphatic rings. The third-order valence-electron chi connectivity index (χ3n) is 3.54. The van der Waals surface area contributed by atoms with Crippen molar-refractivity contribution in [3.63, 3.8) is 0 Å². The van der Waals surface area contributed by atoms with E-state index in [0.717, 1.165) is 17.8 Å². The molecule has 2 N–H and O–H groups in total. The lowest BCUT2D eigenvalue weighted by atomic mass is 9.82. The van der Waals surface area contributed by atoms with Crippen LogP contribution in [-0.4, -0.2) is 25.5 Å². The van der Waals surface area contributed by atoms with Gasteiger partial charge in [-0.25, -0.2) is 4.79 Å². The lowest BCUT2D eigenvalue weighted by Gasteiger charge is -2.38. The number of nitrogens with zero attached hydrogens (tertiary/aromatic N) is 1. The molecular weight excluding hydrogens is 254 g/mol. The monoisotopic (exact) mass is 267 g/mol. The second kappa shape index (κ2) is 4.17. The van der Waals surface area contributed by atoms with Gasteiger partial charge >= 0.3 is 6.03 Å². The lowest BCUT2D eigenvalue weighted by molar-refractivity contribution is -0.124. The van der Waals surface area contributed by atoms with Gasteiger partial charge in [-0.1, -0.05) is 18.2 Å². The number of fused-ring (bicyclic) bond motifs is 2. The summed E-state index contributed by atoms with van der Waals surface area (Å²) >= 11 is 0. The zero-order valence-electron chi connectivity index (χ0n) is 9.90. The Morgan fingerprint density at radius 1 is 1.28 bits per heavy atom. The number of anilines is 1. The highest BCUT2D eigenvalue weighted by Crippen LogP contribution is 2.39. The third kappa shape index (κ3) is 1.54. The number of carbonyl (C=O) groups is 2. The molecule has 3 rings (SSSR count). The van der Waals surface area contributed by atoms with Crippen molar-refractivity contribution in [3.8, 4) is 0 Å². The Bertz CT molecular complexity index is 520. The summed E-state index contributed by atoms with van der Waals surface area (Å²) in [6.45, 7) is 0.741.